The highest BCUT2D eigenvalue weighted by atomic mass is 15.1. The third-order valence-corrected chi connectivity index (χ3v) is 14.5. The molecule has 0 fully saturated rings. The molecule has 0 heterocycles. The van der Waals surface area contributed by atoms with Crippen LogP contribution in [0.1, 0.15) is 22.3 Å². The van der Waals surface area contributed by atoms with E-state index in [-0.39, 0.29) is 0 Å². The second-order valence-corrected chi connectivity index (χ2v) is 18.3. The van der Waals surface area contributed by atoms with Gasteiger partial charge in [-0.15, -0.1) is 0 Å². The first-order valence-electron chi connectivity index (χ1n) is 24.3. The molecular formula is C69H47N. The van der Waals surface area contributed by atoms with Gasteiger partial charge in [0.05, 0.1) is 16.8 Å². The molecule has 1 heteroatoms. The Hall–Kier alpha value is -9.04. The lowest BCUT2D eigenvalue weighted by Gasteiger charge is -2.34. The summed E-state index contributed by atoms with van der Waals surface area (Å²) in [5, 5.41) is 4.95. The fourth-order valence-corrected chi connectivity index (χ4v) is 11.6. The first-order chi connectivity index (χ1) is 34.8. The van der Waals surface area contributed by atoms with Crippen molar-refractivity contribution in [2.24, 2.45) is 0 Å². The second-order valence-electron chi connectivity index (χ2n) is 18.3. The van der Waals surface area contributed by atoms with Crippen molar-refractivity contribution < 1.29 is 0 Å². The molecule has 0 saturated heterocycles. The average Bonchev–Trinajstić information content (AvgIpc) is 3.76. The number of rotatable bonds is 9. The third-order valence-electron chi connectivity index (χ3n) is 14.5. The molecule has 1 nitrogen and oxygen atoms in total. The number of hydrogen-bond donors (Lipinski definition) is 0. The van der Waals surface area contributed by atoms with Crippen LogP contribution >= 0.6 is 0 Å². The molecule has 70 heavy (non-hydrogen) atoms. The average molecular weight is 890 g/mol. The van der Waals surface area contributed by atoms with Crippen LogP contribution in [0.5, 0.6) is 0 Å². The van der Waals surface area contributed by atoms with E-state index in [1.165, 1.54) is 88.3 Å². The van der Waals surface area contributed by atoms with Crippen LogP contribution in [0.25, 0.3) is 77.2 Å². The van der Waals surface area contributed by atoms with Crippen LogP contribution in [-0.2, 0) is 5.41 Å². The Balaban J connectivity index is 1.09. The summed E-state index contributed by atoms with van der Waals surface area (Å²) in [7, 11) is 0. The van der Waals surface area contributed by atoms with E-state index in [4.69, 9.17) is 0 Å². The van der Waals surface area contributed by atoms with Crippen molar-refractivity contribution in [2.45, 2.75) is 5.41 Å². The molecule has 12 aromatic rings. The fourth-order valence-electron chi connectivity index (χ4n) is 11.6. The number of hydrogen-bond acceptors (Lipinski definition) is 1. The highest BCUT2D eigenvalue weighted by Gasteiger charge is 2.47. The molecule has 12 aromatic carbocycles. The quantitative estimate of drug-likeness (QED) is 0.131. The van der Waals surface area contributed by atoms with Crippen LogP contribution in [0.15, 0.2) is 285 Å². The zero-order chi connectivity index (χ0) is 46.4. The number of benzene rings is 12. The number of nitrogens with zero attached hydrogens (tertiary/aromatic N) is 1. The van der Waals surface area contributed by atoms with E-state index in [2.05, 4.69) is 290 Å². The zero-order valence-corrected chi connectivity index (χ0v) is 38.6. The first kappa shape index (κ1) is 41.2. The van der Waals surface area contributed by atoms with E-state index >= 15 is 0 Å². The molecule has 13 rings (SSSR count). The normalized spacial score (nSPS) is 12.4. The van der Waals surface area contributed by atoms with Gasteiger partial charge in [0, 0.05) is 16.8 Å². The molecular weight excluding hydrogens is 843 g/mol. The zero-order valence-electron chi connectivity index (χ0n) is 38.6. The third kappa shape index (κ3) is 6.62. The first-order valence-corrected chi connectivity index (χ1v) is 24.3. The molecule has 1 aliphatic rings. The van der Waals surface area contributed by atoms with Gasteiger partial charge in [-0.1, -0.05) is 255 Å². The van der Waals surface area contributed by atoms with E-state index in [1.807, 2.05) is 0 Å². The van der Waals surface area contributed by atoms with Gasteiger partial charge in [-0.2, -0.15) is 0 Å². The molecule has 0 aliphatic heterocycles. The summed E-state index contributed by atoms with van der Waals surface area (Å²) in [6.07, 6.45) is 0. The highest BCUT2D eigenvalue weighted by Crippen LogP contribution is 2.60. The number of fused-ring (bicyclic) bond motifs is 6. The van der Waals surface area contributed by atoms with Gasteiger partial charge in [0.1, 0.15) is 0 Å². The van der Waals surface area contributed by atoms with Gasteiger partial charge in [0.25, 0.3) is 0 Å². The van der Waals surface area contributed by atoms with Crippen LogP contribution in [0.3, 0.4) is 0 Å². The van der Waals surface area contributed by atoms with E-state index in [1.54, 1.807) is 0 Å². The molecule has 0 saturated carbocycles. The molecule has 1 aliphatic carbocycles. The van der Waals surface area contributed by atoms with Gasteiger partial charge in [-0.3, -0.25) is 0 Å². The molecule has 0 bridgehead atoms. The van der Waals surface area contributed by atoms with Crippen molar-refractivity contribution in [3.63, 3.8) is 0 Å². The maximum atomic E-state index is 2.52. The van der Waals surface area contributed by atoms with Crippen LogP contribution in [0, 0.1) is 0 Å². The Morgan fingerprint density at radius 1 is 0.243 bits per heavy atom. The van der Waals surface area contributed by atoms with Gasteiger partial charge in [0.2, 0.25) is 0 Å². The maximum absolute atomic E-state index is 2.52. The molecule has 0 radical (unpaired) electrons. The Kier molecular flexibility index (Phi) is 10.1. The Bertz CT molecular complexity index is 3800. The smallest absolute Gasteiger partial charge is 0.0714 e. The molecule has 0 unspecified atom stereocenters. The van der Waals surface area contributed by atoms with Gasteiger partial charge in [-0.05, 0) is 119 Å². The monoisotopic (exact) mass is 889 g/mol. The lowest BCUT2D eigenvalue weighted by molar-refractivity contribution is 0.768. The fraction of sp³-hybridized carbons (Fsp3) is 0.0145. The summed E-state index contributed by atoms with van der Waals surface area (Å²) in [6.45, 7) is 0. The second kappa shape index (κ2) is 17.2. The minimum Gasteiger partial charge on any atom is -0.309 e. The van der Waals surface area contributed by atoms with Crippen molar-refractivity contribution in [3.8, 4) is 55.6 Å². The summed E-state index contributed by atoms with van der Waals surface area (Å²) in [4.78, 5) is 2.52. The van der Waals surface area contributed by atoms with Gasteiger partial charge in [0.15, 0.2) is 0 Å². The largest absolute Gasteiger partial charge is 0.309 e. The SMILES string of the molecule is c1ccc(-c2ccc(N(c3ccccc3-c3ccc4c(c3)c(-c3ccccc3)c(-c3ccccc3)c3ccccc34)c3cccc4c3-c3ccccc3C4(c3ccccc3)c3ccccc3)cc2)cc1. The van der Waals surface area contributed by atoms with E-state index < -0.39 is 5.41 Å². The lowest BCUT2D eigenvalue weighted by atomic mass is 9.68. The van der Waals surface area contributed by atoms with Crippen LogP contribution < -0.4 is 4.90 Å². The lowest BCUT2D eigenvalue weighted by Crippen LogP contribution is -2.28. The van der Waals surface area contributed by atoms with Crippen LogP contribution in [0.2, 0.25) is 0 Å². The van der Waals surface area contributed by atoms with Gasteiger partial charge in [-0.25, -0.2) is 0 Å². The van der Waals surface area contributed by atoms with Crippen molar-refractivity contribution in [2.75, 3.05) is 4.90 Å². The van der Waals surface area contributed by atoms with Crippen molar-refractivity contribution in [3.05, 3.63) is 307 Å². The van der Waals surface area contributed by atoms with Crippen LogP contribution in [-0.4, -0.2) is 0 Å². The number of para-hydroxylation sites is 1. The van der Waals surface area contributed by atoms with Crippen molar-refractivity contribution in [1.29, 1.82) is 0 Å². The summed E-state index contributed by atoms with van der Waals surface area (Å²) < 4.78 is 0. The molecule has 328 valence electrons. The summed E-state index contributed by atoms with van der Waals surface area (Å²) >= 11 is 0. The predicted molar refractivity (Wildman–Crippen MR) is 295 cm³/mol. The molecule has 0 spiro atoms. The number of anilines is 3. The standard InChI is InChI=1S/C69H47N/c1-6-23-48(24-7-1)49-41-44-55(45-42-49)70(65-40-22-38-63-68(65)60-36-18-20-37-62(60)69(63,53-29-12-4-13-30-53)54-31-14-5-15-32-54)64-39-21-19-33-56(64)52-43-46-58-57-34-16-17-35-59(57)66(50-25-8-2-9-26-50)67(61(58)47-52)51-27-10-3-11-28-51/h1-47H. The molecule has 0 amide bonds. The van der Waals surface area contributed by atoms with E-state index in [0.717, 1.165) is 28.2 Å². The Morgan fingerprint density at radius 2 is 0.686 bits per heavy atom. The van der Waals surface area contributed by atoms with Crippen LogP contribution in [0.4, 0.5) is 17.1 Å². The summed E-state index contributed by atoms with van der Waals surface area (Å²) in [5.41, 5.74) is 19.8. The molecule has 0 aromatic heterocycles. The summed E-state index contributed by atoms with van der Waals surface area (Å²) in [5.74, 6) is 0. The molecule has 0 N–H and O–H groups in total. The topological polar surface area (TPSA) is 3.24 Å². The maximum Gasteiger partial charge on any atom is 0.0714 e. The minimum atomic E-state index is -0.543. The predicted octanol–water partition coefficient (Wildman–Crippen LogP) is 18.5. The summed E-state index contributed by atoms with van der Waals surface area (Å²) in [6, 6.07) is 105. The Labute approximate surface area is 409 Å². The van der Waals surface area contributed by atoms with Crippen molar-refractivity contribution in [1.82, 2.24) is 0 Å². The Morgan fingerprint density at radius 3 is 1.33 bits per heavy atom. The van der Waals surface area contributed by atoms with Gasteiger partial charge < -0.3 is 4.90 Å². The van der Waals surface area contributed by atoms with E-state index in [9.17, 15) is 0 Å². The minimum absolute atomic E-state index is 0.543. The van der Waals surface area contributed by atoms with Gasteiger partial charge >= 0.3 is 0 Å². The molecule has 0 atom stereocenters. The van der Waals surface area contributed by atoms with Crippen molar-refractivity contribution >= 4 is 38.6 Å². The van der Waals surface area contributed by atoms with E-state index in [0.29, 0.717) is 0 Å². The highest BCUT2D eigenvalue weighted by molar-refractivity contribution is 6.22.